The van der Waals surface area contributed by atoms with Crippen molar-refractivity contribution in [1.29, 1.82) is 0 Å². The first kappa shape index (κ1) is 19.4. The number of nitrogens with zero attached hydrogens (tertiary/aromatic N) is 1. The lowest BCUT2D eigenvalue weighted by Crippen LogP contribution is -2.40. The molecular formula is C14H25ClN2O2S. The molecule has 0 fully saturated rings. The van der Waals surface area contributed by atoms with Crippen LogP contribution in [-0.4, -0.2) is 32.9 Å². The second-order valence-corrected chi connectivity index (χ2v) is 7.60. The predicted molar refractivity (Wildman–Crippen MR) is 85.7 cm³/mol. The second-order valence-electron chi connectivity index (χ2n) is 5.59. The molecule has 4 nitrogen and oxygen atoms in total. The smallest absolute Gasteiger partial charge is 0.243 e. The van der Waals surface area contributed by atoms with E-state index in [0.29, 0.717) is 24.4 Å². The van der Waals surface area contributed by atoms with Gasteiger partial charge in [0.05, 0.1) is 4.90 Å². The number of benzene rings is 1. The lowest BCUT2D eigenvalue weighted by atomic mass is 9.94. The molecule has 0 unspecified atom stereocenters. The summed E-state index contributed by atoms with van der Waals surface area (Å²) in [5.74, 6) is 0. The molecule has 2 N–H and O–H groups in total. The summed E-state index contributed by atoms with van der Waals surface area (Å²) in [6.07, 6.45) is 0.698. The van der Waals surface area contributed by atoms with Crippen LogP contribution in [0.3, 0.4) is 0 Å². The average molecular weight is 321 g/mol. The van der Waals surface area contributed by atoms with E-state index >= 15 is 0 Å². The lowest BCUT2D eigenvalue weighted by molar-refractivity contribution is 0.292. The van der Waals surface area contributed by atoms with Gasteiger partial charge < -0.3 is 5.73 Å². The Morgan fingerprint density at radius 1 is 1.25 bits per heavy atom. The van der Waals surface area contributed by atoms with E-state index in [4.69, 9.17) is 5.73 Å². The molecule has 116 valence electrons. The third-order valence-electron chi connectivity index (χ3n) is 3.25. The molecule has 0 bridgehead atoms. The van der Waals surface area contributed by atoms with Gasteiger partial charge in [-0.15, -0.1) is 12.4 Å². The molecule has 0 heterocycles. The zero-order valence-corrected chi connectivity index (χ0v) is 14.2. The Kier molecular flexibility index (Phi) is 7.18. The highest BCUT2D eigenvalue weighted by atomic mass is 35.5. The molecule has 1 aromatic rings. The van der Waals surface area contributed by atoms with Crippen LogP contribution in [0.4, 0.5) is 0 Å². The average Bonchev–Trinajstić information content (AvgIpc) is 2.38. The molecule has 0 radical (unpaired) electrons. The first-order chi connectivity index (χ1) is 8.74. The highest BCUT2D eigenvalue weighted by Gasteiger charge is 2.28. The summed E-state index contributed by atoms with van der Waals surface area (Å²) in [5, 5.41) is 0. The third-order valence-corrected chi connectivity index (χ3v) is 5.15. The van der Waals surface area contributed by atoms with Gasteiger partial charge >= 0.3 is 0 Å². The van der Waals surface area contributed by atoms with Gasteiger partial charge in [-0.2, -0.15) is 0 Å². The summed E-state index contributed by atoms with van der Waals surface area (Å²) in [5.41, 5.74) is 6.29. The van der Waals surface area contributed by atoms with Crippen molar-refractivity contribution in [3.05, 3.63) is 29.8 Å². The van der Waals surface area contributed by atoms with Gasteiger partial charge in [-0.1, -0.05) is 39.0 Å². The Morgan fingerprint density at radius 2 is 1.80 bits per heavy atom. The Bertz CT molecular complexity index is 530. The van der Waals surface area contributed by atoms with E-state index in [1.807, 2.05) is 32.9 Å². The van der Waals surface area contributed by atoms with Gasteiger partial charge in [0.2, 0.25) is 10.0 Å². The Morgan fingerprint density at radius 3 is 2.30 bits per heavy atom. The summed E-state index contributed by atoms with van der Waals surface area (Å²) in [6, 6.07) is 7.14. The van der Waals surface area contributed by atoms with Crippen molar-refractivity contribution in [2.75, 3.05) is 20.1 Å². The normalized spacial score (nSPS) is 12.3. The van der Waals surface area contributed by atoms with Crippen molar-refractivity contribution in [2.45, 2.75) is 32.1 Å². The number of sulfonamides is 1. The van der Waals surface area contributed by atoms with Crippen LogP contribution < -0.4 is 5.73 Å². The van der Waals surface area contributed by atoms with Crippen molar-refractivity contribution < 1.29 is 8.42 Å². The fraction of sp³-hybridized carbons (Fsp3) is 0.571. The number of nitrogens with two attached hydrogens (primary N) is 1. The highest BCUT2D eigenvalue weighted by molar-refractivity contribution is 7.89. The lowest BCUT2D eigenvalue weighted by Gasteiger charge is -2.29. The standard InChI is InChI=1S/C14H24N2O2S.ClH/c1-5-12-8-6-7-9-13(12)19(17,18)16(4)11-14(2,3)10-15;/h6-9H,5,10-11,15H2,1-4H3;1H. The molecule has 0 aliphatic carbocycles. The van der Waals surface area contributed by atoms with Crippen molar-refractivity contribution >= 4 is 22.4 Å². The first-order valence-corrected chi connectivity index (χ1v) is 7.93. The van der Waals surface area contributed by atoms with Crippen LogP contribution in [0, 0.1) is 5.41 Å². The second kappa shape index (κ2) is 7.41. The third kappa shape index (κ3) is 4.45. The Labute approximate surface area is 128 Å². The molecular weight excluding hydrogens is 296 g/mol. The van der Waals surface area contributed by atoms with Crippen molar-refractivity contribution in [1.82, 2.24) is 4.31 Å². The van der Waals surface area contributed by atoms with E-state index in [-0.39, 0.29) is 17.8 Å². The molecule has 0 saturated carbocycles. The number of hydrogen-bond acceptors (Lipinski definition) is 3. The minimum atomic E-state index is -3.45. The summed E-state index contributed by atoms with van der Waals surface area (Å²) in [7, 11) is -1.84. The van der Waals surface area contributed by atoms with Gasteiger partial charge in [-0.3, -0.25) is 0 Å². The van der Waals surface area contributed by atoms with Crippen LogP contribution in [0.15, 0.2) is 29.2 Å². The first-order valence-electron chi connectivity index (χ1n) is 6.49. The van der Waals surface area contributed by atoms with Gasteiger partial charge in [0.1, 0.15) is 0 Å². The van der Waals surface area contributed by atoms with Crippen molar-refractivity contribution in [2.24, 2.45) is 11.1 Å². The van der Waals surface area contributed by atoms with Gasteiger partial charge in [0.25, 0.3) is 0 Å². The number of hydrogen-bond donors (Lipinski definition) is 1. The maximum atomic E-state index is 12.6. The van der Waals surface area contributed by atoms with Crippen molar-refractivity contribution in [3.8, 4) is 0 Å². The quantitative estimate of drug-likeness (QED) is 0.874. The summed E-state index contributed by atoms with van der Waals surface area (Å²) in [4.78, 5) is 0.396. The fourth-order valence-corrected chi connectivity index (χ4v) is 3.62. The van der Waals surface area contributed by atoms with E-state index in [1.54, 1.807) is 19.2 Å². The number of halogens is 1. The Balaban J connectivity index is 0.00000361. The number of rotatable bonds is 6. The maximum absolute atomic E-state index is 12.6. The van der Waals surface area contributed by atoms with Crippen LogP contribution in [0.5, 0.6) is 0 Å². The van der Waals surface area contributed by atoms with Gasteiger partial charge in [-0.05, 0) is 30.0 Å². The van der Waals surface area contributed by atoms with Gasteiger partial charge in [-0.25, -0.2) is 12.7 Å². The molecule has 0 atom stereocenters. The molecule has 0 amide bonds. The SMILES string of the molecule is CCc1ccccc1S(=O)(=O)N(C)CC(C)(C)CN.Cl. The molecule has 0 saturated heterocycles. The molecule has 1 aromatic carbocycles. The zero-order valence-electron chi connectivity index (χ0n) is 12.6. The van der Waals surface area contributed by atoms with Crippen LogP contribution >= 0.6 is 12.4 Å². The molecule has 0 aliphatic rings. The topological polar surface area (TPSA) is 63.4 Å². The van der Waals surface area contributed by atoms with E-state index < -0.39 is 10.0 Å². The van der Waals surface area contributed by atoms with Crippen LogP contribution in [0.2, 0.25) is 0 Å². The summed E-state index contributed by atoms with van der Waals surface area (Å²) < 4.78 is 26.6. The minimum absolute atomic E-state index is 0. The highest BCUT2D eigenvalue weighted by Crippen LogP contribution is 2.23. The van der Waals surface area contributed by atoms with Gasteiger partial charge in [0.15, 0.2) is 0 Å². The summed E-state index contributed by atoms with van der Waals surface area (Å²) in [6.45, 7) is 6.74. The van der Waals surface area contributed by atoms with Crippen LogP contribution in [-0.2, 0) is 16.4 Å². The van der Waals surface area contributed by atoms with E-state index in [2.05, 4.69) is 0 Å². The molecule has 0 aromatic heterocycles. The molecule has 0 aliphatic heterocycles. The van der Waals surface area contributed by atoms with Crippen LogP contribution in [0.1, 0.15) is 26.3 Å². The fourth-order valence-electron chi connectivity index (χ4n) is 1.97. The monoisotopic (exact) mass is 320 g/mol. The molecule has 20 heavy (non-hydrogen) atoms. The van der Waals surface area contributed by atoms with E-state index in [0.717, 1.165) is 5.56 Å². The predicted octanol–water partition coefficient (Wildman–Crippen LogP) is 2.28. The van der Waals surface area contributed by atoms with E-state index in [9.17, 15) is 8.42 Å². The summed E-state index contributed by atoms with van der Waals surface area (Å²) >= 11 is 0. The number of aryl methyl sites for hydroxylation is 1. The largest absolute Gasteiger partial charge is 0.330 e. The maximum Gasteiger partial charge on any atom is 0.243 e. The Hall–Kier alpha value is -0.620. The molecule has 6 heteroatoms. The minimum Gasteiger partial charge on any atom is -0.330 e. The molecule has 1 rings (SSSR count). The van der Waals surface area contributed by atoms with E-state index in [1.165, 1.54) is 4.31 Å². The van der Waals surface area contributed by atoms with Crippen LogP contribution in [0.25, 0.3) is 0 Å². The zero-order chi connectivity index (χ0) is 14.7. The van der Waals surface area contributed by atoms with Gasteiger partial charge in [0, 0.05) is 13.6 Å². The van der Waals surface area contributed by atoms with Crippen molar-refractivity contribution in [3.63, 3.8) is 0 Å². The molecule has 0 spiro atoms.